The molecule has 130 valence electrons. The van der Waals surface area contributed by atoms with E-state index in [9.17, 15) is 4.79 Å². The summed E-state index contributed by atoms with van der Waals surface area (Å²) in [5.41, 5.74) is 3.56. The number of nitrogens with zero attached hydrogens (tertiary/aromatic N) is 1. The van der Waals surface area contributed by atoms with Crippen molar-refractivity contribution in [3.63, 3.8) is 0 Å². The summed E-state index contributed by atoms with van der Waals surface area (Å²) in [5, 5.41) is 5.21. The molecule has 24 heavy (non-hydrogen) atoms. The highest BCUT2D eigenvalue weighted by Gasteiger charge is 2.40. The number of hydrogen-bond donors (Lipinski definition) is 1. The monoisotopic (exact) mass is 388 g/mol. The van der Waals surface area contributed by atoms with Crippen molar-refractivity contribution in [2.75, 3.05) is 6.61 Å². The molecule has 7 heteroatoms. The zero-order valence-corrected chi connectivity index (χ0v) is 15.6. The third-order valence-corrected chi connectivity index (χ3v) is 5.98. The van der Waals surface area contributed by atoms with E-state index in [-0.39, 0.29) is 12.5 Å². The maximum Gasteiger partial charge on any atom is 0.277 e. The van der Waals surface area contributed by atoms with E-state index in [4.69, 9.17) is 39.5 Å². The Bertz CT molecular complexity index is 678. The van der Waals surface area contributed by atoms with Gasteiger partial charge in [-0.2, -0.15) is 5.10 Å². The molecule has 4 nitrogen and oxygen atoms in total. The van der Waals surface area contributed by atoms with Crippen LogP contribution in [0, 0.1) is 17.8 Å². The Balaban J connectivity index is 1.51. The Morgan fingerprint density at radius 3 is 2.62 bits per heavy atom. The van der Waals surface area contributed by atoms with Crippen LogP contribution in [0.1, 0.15) is 32.6 Å². The molecule has 2 saturated carbocycles. The molecule has 0 radical (unpaired) electrons. The summed E-state index contributed by atoms with van der Waals surface area (Å²) >= 11 is 17.8. The van der Waals surface area contributed by atoms with E-state index in [0.717, 1.165) is 17.5 Å². The third-order valence-electron chi connectivity index (χ3n) is 4.97. The normalized spacial score (nSPS) is 25.8. The summed E-state index contributed by atoms with van der Waals surface area (Å²) in [4.78, 5) is 11.9. The van der Waals surface area contributed by atoms with Crippen molar-refractivity contribution in [1.29, 1.82) is 0 Å². The number of carbonyl (C=O) groups excluding carboxylic acids is 1. The van der Waals surface area contributed by atoms with Gasteiger partial charge < -0.3 is 4.74 Å². The van der Waals surface area contributed by atoms with Crippen molar-refractivity contribution < 1.29 is 9.53 Å². The number of fused-ring (bicyclic) bond motifs is 2. The highest BCUT2D eigenvalue weighted by atomic mass is 35.5. The fraction of sp³-hybridized carbons (Fsp3) is 0.529. The van der Waals surface area contributed by atoms with Gasteiger partial charge in [-0.05, 0) is 44.1 Å². The lowest BCUT2D eigenvalue weighted by Crippen LogP contribution is -2.28. The number of nitrogens with one attached hydrogen (secondary N) is 1. The van der Waals surface area contributed by atoms with Crippen LogP contribution in [0.25, 0.3) is 0 Å². The molecule has 2 aliphatic rings. The molecule has 0 spiro atoms. The molecule has 1 aromatic carbocycles. The lowest BCUT2D eigenvalue weighted by Gasteiger charge is -2.21. The molecule has 2 fully saturated rings. The number of rotatable bonds is 5. The Hall–Kier alpha value is -0.970. The van der Waals surface area contributed by atoms with Gasteiger partial charge in [0.2, 0.25) is 0 Å². The average Bonchev–Trinajstić information content (AvgIpc) is 3.17. The number of hydrogen-bond acceptors (Lipinski definition) is 3. The summed E-state index contributed by atoms with van der Waals surface area (Å²) in [6, 6.07) is 2.97. The molecule has 0 heterocycles. The molecule has 3 unspecified atom stereocenters. The Morgan fingerprint density at radius 1 is 1.21 bits per heavy atom. The molecule has 1 N–H and O–H groups in total. The predicted molar refractivity (Wildman–Crippen MR) is 97.2 cm³/mol. The molecule has 0 aliphatic heterocycles. The predicted octanol–water partition coefficient (Wildman–Crippen LogP) is 4.95. The van der Waals surface area contributed by atoms with Gasteiger partial charge in [-0.3, -0.25) is 4.79 Å². The van der Waals surface area contributed by atoms with Crippen molar-refractivity contribution >= 4 is 46.4 Å². The van der Waals surface area contributed by atoms with Crippen LogP contribution in [0.4, 0.5) is 0 Å². The second-order valence-electron chi connectivity index (χ2n) is 6.55. The van der Waals surface area contributed by atoms with Crippen molar-refractivity contribution in [3.05, 3.63) is 27.2 Å². The quantitative estimate of drug-likeness (QED) is 0.440. The molecule has 0 saturated heterocycles. The van der Waals surface area contributed by atoms with Gasteiger partial charge in [-0.25, -0.2) is 5.43 Å². The number of carbonyl (C=O) groups is 1. The fourth-order valence-electron chi connectivity index (χ4n) is 3.78. The second-order valence-corrected chi connectivity index (χ2v) is 7.78. The molecule has 2 aliphatic carbocycles. The Kier molecular flexibility index (Phi) is 5.58. The molecule has 2 bridgehead atoms. The molecule has 1 aromatic rings. The van der Waals surface area contributed by atoms with Crippen molar-refractivity contribution in [3.8, 4) is 5.75 Å². The van der Waals surface area contributed by atoms with E-state index >= 15 is 0 Å². The minimum Gasteiger partial charge on any atom is -0.482 e. The van der Waals surface area contributed by atoms with E-state index < -0.39 is 0 Å². The van der Waals surface area contributed by atoms with Crippen LogP contribution in [0.15, 0.2) is 17.2 Å². The summed E-state index contributed by atoms with van der Waals surface area (Å²) in [6.45, 7) is 1.80. The van der Waals surface area contributed by atoms with Crippen LogP contribution >= 0.6 is 34.8 Å². The number of amides is 1. The fourth-order valence-corrected chi connectivity index (χ4v) is 4.37. The average molecular weight is 390 g/mol. The number of hydrazone groups is 1. The van der Waals surface area contributed by atoms with Gasteiger partial charge >= 0.3 is 0 Å². The number of benzene rings is 1. The summed E-state index contributed by atoms with van der Waals surface area (Å²) in [7, 11) is 0. The van der Waals surface area contributed by atoms with Gasteiger partial charge in [0.15, 0.2) is 6.61 Å². The zero-order chi connectivity index (χ0) is 17.3. The molecular weight excluding hydrogens is 371 g/mol. The van der Waals surface area contributed by atoms with Crippen LogP contribution in [0.3, 0.4) is 0 Å². The van der Waals surface area contributed by atoms with Gasteiger partial charge in [0, 0.05) is 17.7 Å². The van der Waals surface area contributed by atoms with E-state index in [0.29, 0.717) is 26.7 Å². The van der Waals surface area contributed by atoms with Crippen molar-refractivity contribution in [2.45, 2.75) is 32.6 Å². The first-order valence-corrected chi connectivity index (χ1v) is 9.17. The molecular formula is C17H19Cl3N2O2. The first-order valence-electron chi connectivity index (χ1n) is 8.04. The van der Waals surface area contributed by atoms with Gasteiger partial charge in [0.05, 0.1) is 15.1 Å². The van der Waals surface area contributed by atoms with Gasteiger partial charge in [-0.15, -0.1) is 0 Å². The molecule has 3 atom stereocenters. The van der Waals surface area contributed by atoms with Crippen LogP contribution in [-0.2, 0) is 4.79 Å². The first kappa shape index (κ1) is 17.8. The summed E-state index contributed by atoms with van der Waals surface area (Å²) in [5.74, 6) is 2.08. The maximum atomic E-state index is 11.9. The smallest absolute Gasteiger partial charge is 0.277 e. The Labute approximate surface area is 156 Å². The highest BCUT2D eigenvalue weighted by Crippen LogP contribution is 2.48. The number of ether oxygens (including phenoxy) is 1. The summed E-state index contributed by atoms with van der Waals surface area (Å²) < 4.78 is 5.39. The van der Waals surface area contributed by atoms with Crippen LogP contribution in [0.5, 0.6) is 5.75 Å². The standard InChI is InChI=1S/C17H19Cl3N2O2/c1-9(12-5-10-2-3-11(12)4-10)21-22-17(23)8-24-16-7-14(19)13(18)6-15(16)20/h6-7,10-12H,2-5,8H2,1H3,(H,22,23). The maximum absolute atomic E-state index is 11.9. The second kappa shape index (κ2) is 7.51. The van der Waals surface area contributed by atoms with Crippen molar-refractivity contribution in [1.82, 2.24) is 5.43 Å². The largest absolute Gasteiger partial charge is 0.482 e. The SMILES string of the molecule is CC(=NNC(=O)COc1cc(Cl)c(Cl)cc1Cl)C1CC2CCC1C2. The topological polar surface area (TPSA) is 50.7 Å². The van der Waals surface area contributed by atoms with Crippen LogP contribution in [-0.4, -0.2) is 18.2 Å². The molecule has 3 rings (SSSR count). The van der Waals surface area contributed by atoms with E-state index in [1.54, 1.807) is 0 Å². The van der Waals surface area contributed by atoms with Gasteiger partial charge in [-0.1, -0.05) is 41.2 Å². The van der Waals surface area contributed by atoms with Gasteiger partial charge in [0.1, 0.15) is 5.75 Å². The highest BCUT2D eigenvalue weighted by molar-refractivity contribution is 6.43. The zero-order valence-electron chi connectivity index (χ0n) is 13.3. The van der Waals surface area contributed by atoms with E-state index in [2.05, 4.69) is 10.5 Å². The van der Waals surface area contributed by atoms with Crippen LogP contribution < -0.4 is 10.2 Å². The Morgan fingerprint density at radius 2 is 1.96 bits per heavy atom. The van der Waals surface area contributed by atoms with Crippen molar-refractivity contribution in [2.24, 2.45) is 22.9 Å². The van der Waals surface area contributed by atoms with E-state index in [1.807, 2.05) is 6.92 Å². The minimum absolute atomic E-state index is 0.189. The third kappa shape index (κ3) is 3.98. The minimum atomic E-state index is -0.334. The summed E-state index contributed by atoms with van der Waals surface area (Å²) in [6.07, 6.45) is 5.14. The number of halogens is 3. The molecule has 0 aromatic heterocycles. The first-order chi connectivity index (χ1) is 11.4. The lowest BCUT2D eigenvalue weighted by atomic mass is 9.86. The molecule has 1 amide bonds. The van der Waals surface area contributed by atoms with Crippen LogP contribution in [0.2, 0.25) is 15.1 Å². The van der Waals surface area contributed by atoms with E-state index in [1.165, 1.54) is 37.8 Å². The van der Waals surface area contributed by atoms with Gasteiger partial charge in [0.25, 0.3) is 5.91 Å². The lowest BCUT2D eigenvalue weighted by molar-refractivity contribution is -0.123.